The van der Waals surface area contributed by atoms with Crippen molar-refractivity contribution in [2.75, 3.05) is 5.32 Å². The van der Waals surface area contributed by atoms with Crippen molar-refractivity contribution in [1.29, 1.82) is 0 Å². The minimum Gasteiger partial charge on any atom is -0.321 e. The van der Waals surface area contributed by atoms with Gasteiger partial charge >= 0.3 is 0 Å². The molecule has 0 aliphatic carbocycles. The summed E-state index contributed by atoms with van der Waals surface area (Å²) in [5.74, 6) is -0.301. The van der Waals surface area contributed by atoms with Gasteiger partial charge in [0.05, 0.1) is 22.5 Å². The Hall–Kier alpha value is -1.10. The molecule has 3 nitrogen and oxygen atoms in total. The van der Waals surface area contributed by atoms with Crippen molar-refractivity contribution in [3.63, 3.8) is 0 Å². The summed E-state index contributed by atoms with van der Waals surface area (Å²) in [7, 11) is 0. The van der Waals surface area contributed by atoms with E-state index >= 15 is 0 Å². The van der Waals surface area contributed by atoms with Crippen LogP contribution >= 0.6 is 39.1 Å². The molecule has 2 aromatic rings. The average molecular weight is 360 g/mol. The number of pyridine rings is 1. The van der Waals surface area contributed by atoms with Crippen molar-refractivity contribution >= 4 is 50.7 Å². The number of hydrogen-bond acceptors (Lipinski definition) is 2. The number of hydrogen-bond donors (Lipinski definition) is 1. The first kappa shape index (κ1) is 14.3. The van der Waals surface area contributed by atoms with E-state index in [2.05, 4.69) is 26.2 Å². The van der Waals surface area contributed by atoms with Crippen LogP contribution in [0.3, 0.4) is 0 Å². The Kier molecular flexibility index (Phi) is 4.45. The highest BCUT2D eigenvalue weighted by atomic mass is 79.9. The van der Waals surface area contributed by atoms with Gasteiger partial charge in [-0.3, -0.25) is 4.79 Å². The molecule has 19 heavy (non-hydrogen) atoms. The molecule has 6 heteroatoms. The molecule has 1 N–H and O–H groups in total. The van der Waals surface area contributed by atoms with Crippen LogP contribution < -0.4 is 5.32 Å². The number of anilines is 1. The van der Waals surface area contributed by atoms with Gasteiger partial charge in [-0.15, -0.1) is 0 Å². The second-order valence-corrected chi connectivity index (χ2v) is 5.50. The summed E-state index contributed by atoms with van der Waals surface area (Å²) >= 11 is 15.1. The third-order valence-electron chi connectivity index (χ3n) is 2.45. The van der Waals surface area contributed by atoms with Crippen LogP contribution in [-0.2, 0) is 0 Å². The summed E-state index contributed by atoms with van der Waals surface area (Å²) in [4.78, 5) is 16.2. The fourth-order valence-electron chi connectivity index (χ4n) is 1.50. The van der Waals surface area contributed by atoms with Crippen molar-refractivity contribution in [3.8, 4) is 0 Å². The number of halogens is 3. The van der Waals surface area contributed by atoms with Crippen LogP contribution in [0.25, 0.3) is 0 Å². The maximum atomic E-state index is 12.1. The molecular weight excluding hydrogens is 351 g/mol. The zero-order valence-corrected chi connectivity index (χ0v) is 13.0. The van der Waals surface area contributed by atoms with E-state index in [-0.39, 0.29) is 5.91 Å². The highest BCUT2D eigenvalue weighted by Gasteiger charge is 2.11. The normalized spacial score (nSPS) is 10.3. The smallest absolute Gasteiger partial charge is 0.257 e. The SMILES string of the molecule is Cc1cc(NC(=O)c2ccc(Cl)cc2Cl)cnc1Br. The van der Waals surface area contributed by atoms with Crippen molar-refractivity contribution in [1.82, 2.24) is 4.98 Å². The lowest BCUT2D eigenvalue weighted by Gasteiger charge is -2.08. The number of benzene rings is 1. The lowest BCUT2D eigenvalue weighted by molar-refractivity contribution is 0.102. The molecule has 0 fully saturated rings. The molecule has 0 bridgehead atoms. The Morgan fingerprint density at radius 3 is 2.68 bits per heavy atom. The van der Waals surface area contributed by atoms with Crippen molar-refractivity contribution < 1.29 is 4.79 Å². The Bertz CT molecular complexity index is 647. The number of nitrogens with one attached hydrogen (secondary N) is 1. The predicted octanol–water partition coefficient (Wildman–Crippen LogP) is 4.71. The molecule has 0 saturated heterocycles. The highest BCUT2D eigenvalue weighted by Crippen LogP contribution is 2.23. The average Bonchev–Trinajstić information content (AvgIpc) is 2.33. The minimum atomic E-state index is -0.301. The predicted molar refractivity (Wildman–Crippen MR) is 81.1 cm³/mol. The monoisotopic (exact) mass is 358 g/mol. The van der Waals surface area contributed by atoms with Gasteiger partial charge in [0.2, 0.25) is 0 Å². The molecular formula is C13H9BrCl2N2O. The summed E-state index contributed by atoms with van der Waals surface area (Å²) in [6, 6.07) is 6.55. The van der Waals surface area contributed by atoms with Crippen LogP contribution in [-0.4, -0.2) is 10.9 Å². The van der Waals surface area contributed by atoms with E-state index in [1.165, 1.54) is 6.07 Å². The standard InChI is InChI=1S/C13H9BrCl2N2O/c1-7-4-9(6-17-12(7)14)18-13(19)10-3-2-8(15)5-11(10)16/h2-6H,1H3,(H,18,19). The number of carbonyl (C=O) groups is 1. The van der Waals surface area contributed by atoms with Gasteiger partial charge in [-0.2, -0.15) is 0 Å². The van der Waals surface area contributed by atoms with Gasteiger partial charge in [0, 0.05) is 5.02 Å². The topological polar surface area (TPSA) is 42.0 Å². The molecule has 0 unspecified atom stereocenters. The number of aryl methyl sites for hydroxylation is 1. The lowest BCUT2D eigenvalue weighted by atomic mass is 10.2. The first-order chi connectivity index (χ1) is 8.97. The minimum absolute atomic E-state index is 0.301. The van der Waals surface area contributed by atoms with Crippen LogP contribution in [0, 0.1) is 6.92 Å². The Labute approximate surface area is 129 Å². The number of rotatable bonds is 2. The number of nitrogens with zero attached hydrogens (tertiary/aromatic N) is 1. The van der Waals surface area contributed by atoms with Crippen LogP contribution in [0.1, 0.15) is 15.9 Å². The number of amides is 1. The summed E-state index contributed by atoms with van der Waals surface area (Å²) < 4.78 is 0.745. The molecule has 1 heterocycles. The van der Waals surface area contributed by atoms with Crippen molar-refractivity contribution in [2.45, 2.75) is 6.92 Å². The van der Waals surface area contributed by atoms with E-state index < -0.39 is 0 Å². The van der Waals surface area contributed by atoms with E-state index in [9.17, 15) is 4.79 Å². The quantitative estimate of drug-likeness (QED) is 0.789. The van der Waals surface area contributed by atoms with E-state index in [1.54, 1.807) is 18.3 Å². The van der Waals surface area contributed by atoms with Gasteiger partial charge in [-0.1, -0.05) is 23.2 Å². The van der Waals surface area contributed by atoms with E-state index in [0.29, 0.717) is 21.3 Å². The molecule has 98 valence electrons. The van der Waals surface area contributed by atoms with E-state index in [0.717, 1.165) is 10.2 Å². The molecule has 0 saturated carbocycles. The van der Waals surface area contributed by atoms with Crippen LogP contribution in [0.2, 0.25) is 10.0 Å². The van der Waals surface area contributed by atoms with Gasteiger partial charge < -0.3 is 5.32 Å². The Morgan fingerprint density at radius 2 is 2.05 bits per heavy atom. The fourth-order valence-corrected chi connectivity index (χ4v) is 2.21. The molecule has 2 rings (SSSR count). The second kappa shape index (κ2) is 5.90. The van der Waals surface area contributed by atoms with Crippen molar-refractivity contribution in [3.05, 3.63) is 56.2 Å². The highest BCUT2D eigenvalue weighted by molar-refractivity contribution is 9.10. The lowest BCUT2D eigenvalue weighted by Crippen LogP contribution is -2.12. The Balaban J connectivity index is 2.23. The Morgan fingerprint density at radius 1 is 1.32 bits per heavy atom. The summed E-state index contributed by atoms with van der Waals surface area (Å²) in [5.41, 5.74) is 1.91. The van der Waals surface area contributed by atoms with Crippen LogP contribution in [0.15, 0.2) is 35.1 Å². The fraction of sp³-hybridized carbons (Fsp3) is 0.0769. The van der Waals surface area contributed by atoms with Gasteiger partial charge in [0.15, 0.2) is 0 Å². The second-order valence-electron chi connectivity index (χ2n) is 3.91. The van der Waals surface area contributed by atoms with E-state index in [4.69, 9.17) is 23.2 Å². The van der Waals surface area contributed by atoms with Crippen LogP contribution in [0.4, 0.5) is 5.69 Å². The summed E-state index contributed by atoms with van der Waals surface area (Å²) in [6.07, 6.45) is 1.57. The summed E-state index contributed by atoms with van der Waals surface area (Å²) in [6.45, 7) is 1.89. The van der Waals surface area contributed by atoms with Gasteiger partial charge in [-0.25, -0.2) is 4.98 Å². The largest absolute Gasteiger partial charge is 0.321 e. The zero-order valence-electron chi connectivity index (χ0n) is 9.88. The molecule has 0 aliphatic rings. The third kappa shape index (κ3) is 3.47. The van der Waals surface area contributed by atoms with Gasteiger partial charge in [0.1, 0.15) is 4.60 Å². The first-order valence-corrected chi connectivity index (χ1v) is 6.91. The van der Waals surface area contributed by atoms with E-state index in [1.807, 2.05) is 13.0 Å². The molecule has 0 spiro atoms. The summed E-state index contributed by atoms with van der Waals surface area (Å²) in [5, 5.41) is 3.54. The van der Waals surface area contributed by atoms with Gasteiger partial charge in [0.25, 0.3) is 5.91 Å². The van der Waals surface area contributed by atoms with Gasteiger partial charge in [-0.05, 0) is 52.7 Å². The molecule has 1 aromatic carbocycles. The van der Waals surface area contributed by atoms with Crippen LogP contribution in [0.5, 0.6) is 0 Å². The maximum Gasteiger partial charge on any atom is 0.257 e. The maximum absolute atomic E-state index is 12.1. The molecule has 1 aromatic heterocycles. The molecule has 0 aliphatic heterocycles. The first-order valence-electron chi connectivity index (χ1n) is 5.36. The van der Waals surface area contributed by atoms with Crippen molar-refractivity contribution in [2.24, 2.45) is 0 Å². The molecule has 0 atom stereocenters. The molecule has 1 amide bonds. The molecule has 0 radical (unpaired) electrons. The third-order valence-corrected chi connectivity index (χ3v) is 3.83. The number of aromatic nitrogens is 1. The number of carbonyl (C=O) groups excluding carboxylic acids is 1. The zero-order chi connectivity index (χ0) is 14.0.